The van der Waals surface area contributed by atoms with E-state index in [0.29, 0.717) is 5.69 Å². The topological polar surface area (TPSA) is 63.2 Å². The second-order valence-corrected chi connectivity index (χ2v) is 8.15. The number of benzene rings is 3. The maximum absolute atomic E-state index is 12.6. The van der Waals surface area contributed by atoms with Crippen LogP contribution in [-0.4, -0.2) is 19.6 Å². The zero-order valence-electron chi connectivity index (χ0n) is 13.0. The van der Waals surface area contributed by atoms with Crippen molar-refractivity contribution < 1.29 is 13.2 Å². The predicted molar refractivity (Wildman–Crippen MR) is 94.7 cm³/mol. The van der Waals surface area contributed by atoms with Gasteiger partial charge in [0.05, 0.1) is 10.6 Å². The normalized spacial score (nSPS) is 18.9. The first-order valence-electron chi connectivity index (χ1n) is 7.65. The van der Waals surface area contributed by atoms with Crippen LogP contribution in [0.5, 0.6) is 0 Å². The van der Waals surface area contributed by atoms with Gasteiger partial charge >= 0.3 is 0 Å². The van der Waals surface area contributed by atoms with Gasteiger partial charge in [-0.05, 0) is 41.0 Å². The number of sulfone groups is 1. The highest BCUT2D eigenvalue weighted by Gasteiger charge is 2.36. The quantitative estimate of drug-likeness (QED) is 0.737. The first kappa shape index (κ1) is 14.9. The molecule has 3 aromatic rings. The third-order valence-corrected chi connectivity index (χ3v) is 6.58. The van der Waals surface area contributed by atoms with Crippen molar-refractivity contribution in [3.05, 3.63) is 60.7 Å². The fourth-order valence-corrected chi connectivity index (χ4v) is 4.51. The fraction of sp³-hybridized carbons (Fsp3) is 0.105. The number of carbonyl (C=O) groups is 1. The maximum atomic E-state index is 12.6. The summed E-state index contributed by atoms with van der Waals surface area (Å²) in [4.78, 5) is 12.0. The zero-order valence-corrected chi connectivity index (χ0v) is 13.8. The molecule has 0 aliphatic carbocycles. The molecule has 0 spiro atoms. The summed E-state index contributed by atoms with van der Waals surface area (Å²) in [7, 11) is -3.67. The summed E-state index contributed by atoms with van der Waals surface area (Å²) in [6, 6.07) is 19.1. The van der Waals surface area contributed by atoms with E-state index < -0.39 is 21.0 Å². The number of hydrogen-bond donors (Lipinski definition) is 1. The second-order valence-electron chi connectivity index (χ2n) is 5.91. The number of amides is 1. The molecule has 1 heterocycles. The van der Waals surface area contributed by atoms with Crippen LogP contribution in [-0.2, 0) is 14.6 Å². The number of anilines is 1. The Bertz CT molecular complexity index is 1080. The molecule has 24 heavy (non-hydrogen) atoms. The van der Waals surface area contributed by atoms with E-state index in [9.17, 15) is 13.2 Å². The Kier molecular flexibility index (Phi) is 3.21. The van der Waals surface area contributed by atoms with Gasteiger partial charge in [-0.25, -0.2) is 8.42 Å². The van der Waals surface area contributed by atoms with Crippen molar-refractivity contribution in [1.82, 2.24) is 0 Å². The summed E-state index contributed by atoms with van der Waals surface area (Å²) in [5.41, 5.74) is 2.13. The summed E-state index contributed by atoms with van der Waals surface area (Å²) < 4.78 is 25.2. The molecule has 0 aromatic heterocycles. The number of hydrogen-bond acceptors (Lipinski definition) is 3. The summed E-state index contributed by atoms with van der Waals surface area (Å²) in [6.07, 6.45) is 0. The lowest BCUT2D eigenvalue weighted by atomic mass is 9.98. The van der Waals surface area contributed by atoms with Crippen LogP contribution in [0.15, 0.2) is 65.6 Å². The van der Waals surface area contributed by atoms with Crippen LogP contribution in [0.4, 0.5) is 5.69 Å². The fourth-order valence-electron chi connectivity index (χ4n) is 3.07. The monoisotopic (exact) mass is 337 g/mol. The van der Waals surface area contributed by atoms with Crippen molar-refractivity contribution in [1.29, 1.82) is 0 Å². The number of fused-ring (bicyclic) bond motifs is 2. The maximum Gasteiger partial charge on any atom is 0.242 e. The summed E-state index contributed by atoms with van der Waals surface area (Å²) in [6.45, 7) is 1.41. The molecule has 5 heteroatoms. The second kappa shape index (κ2) is 5.18. The van der Waals surface area contributed by atoms with Gasteiger partial charge in [0.15, 0.2) is 9.84 Å². The van der Waals surface area contributed by atoms with E-state index in [-0.39, 0.29) is 4.90 Å². The van der Waals surface area contributed by atoms with Gasteiger partial charge in [0.1, 0.15) is 5.25 Å². The highest BCUT2D eigenvalue weighted by atomic mass is 32.2. The predicted octanol–water partition coefficient (Wildman–Crippen LogP) is 3.62. The van der Waals surface area contributed by atoms with Crippen LogP contribution < -0.4 is 5.32 Å². The first-order chi connectivity index (χ1) is 11.5. The molecule has 0 fully saturated rings. The van der Waals surface area contributed by atoms with Crippen LogP contribution in [0.2, 0.25) is 0 Å². The van der Waals surface area contributed by atoms with Crippen LogP contribution in [0.1, 0.15) is 6.92 Å². The van der Waals surface area contributed by atoms with Crippen molar-refractivity contribution >= 4 is 32.2 Å². The third-order valence-electron chi connectivity index (χ3n) is 4.48. The van der Waals surface area contributed by atoms with E-state index in [1.165, 1.54) is 6.92 Å². The van der Waals surface area contributed by atoms with Gasteiger partial charge in [0, 0.05) is 0 Å². The molecule has 0 saturated carbocycles. The molecule has 1 aliphatic heterocycles. The Morgan fingerprint density at radius 3 is 2.54 bits per heavy atom. The van der Waals surface area contributed by atoms with Crippen LogP contribution in [0.3, 0.4) is 0 Å². The van der Waals surface area contributed by atoms with Crippen LogP contribution >= 0.6 is 0 Å². The lowest BCUT2D eigenvalue weighted by molar-refractivity contribution is -0.115. The van der Waals surface area contributed by atoms with Crippen molar-refractivity contribution in [2.24, 2.45) is 0 Å². The van der Waals surface area contributed by atoms with Gasteiger partial charge in [-0.2, -0.15) is 0 Å². The molecule has 4 rings (SSSR count). The molecule has 0 bridgehead atoms. The minimum Gasteiger partial charge on any atom is -0.324 e. The highest BCUT2D eigenvalue weighted by molar-refractivity contribution is 7.93. The highest BCUT2D eigenvalue weighted by Crippen LogP contribution is 2.36. The van der Waals surface area contributed by atoms with Crippen LogP contribution in [0, 0.1) is 0 Å². The zero-order chi connectivity index (χ0) is 16.9. The molecular weight excluding hydrogens is 322 g/mol. The molecule has 1 atom stereocenters. The standard InChI is InChI=1S/C19H15NO3S/c1-12-19(21)20-17-10-9-14(11-18(17)24(12,22)23)16-8-4-6-13-5-2-3-7-15(13)16/h2-12H,1H3,(H,20,21). The first-order valence-corrected chi connectivity index (χ1v) is 9.20. The Hall–Kier alpha value is -2.66. The lowest BCUT2D eigenvalue weighted by Crippen LogP contribution is -2.37. The minimum absolute atomic E-state index is 0.181. The number of rotatable bonds is 1. The van der Waals surface area contributed by atoms with E-state index in [4.69, 9.17) is 0 Å². The molecular formula is C19H15NO3S. The van der Waals surface area contributed by atoms with Gasteiger partial charge in [-0.3, -0.25) is 4.79 Å². The third kappa shape index (κ3) is 2.12. The van der Waals surface area contributed by atoms with Gasteiger partial charge in [0.25, 0.3) is 0 Å². The SMILES string of the molecule is CC1C(=O)Nc2ccc(-c3cccc4ccccc34)cc2S1(=O)=O. The molecule has 1 unspecified atom stereocenters. The average molecular weight is 337 g/mol. The van der Waals surface area contributed by atoms with E-state index >= 15 is 0 Å². The molecule has 1 aliphatic rings. The van der Waals surface area contributed by atoms with Gasteiger partial charge in [-0.1, -0.05) is 48.5 Å². The summed E-state index contributed by atoms with van der Waals surface area (Å²) in [5.74, 6) is -0.486. The van der Waals surface area contributed by atoms with Crippen molar-refractivity contribution in [3.63, 3.8) is 0 Å². The Balaban J connectivity index is 1.96. The molecule has 1 N–H and O–H groups in total. The van der Waals surface area contributed by atoms with E-state index in [1.807, 2.05) is 48.5 Å². The van der Waals surface area contributed by atoms with Gasteiger partial charge < -0.3 is 5.32 Å². The van der Waals surface area contributed by atoms with Gasteiger partial charge in [0.2, 0.25) is 5.91 Å². The summed E-state index contributed by atoms with van der Waals surface area (Å²) >= 11 is 0. The van der Waals surface area contributed by atoms with E-state index in [0.717, 1.165) is 21.9 Å². The average Bonchev–Trinajstić information content (AvgIpc) is 2.59. The molecule has 0 saturated heterocycles. The van der Waals surface area contributed by atoms with Gasteiger partial charge in [-0.15, -0.1) is 0 Å². The Morgan fingerprint density at radius 1 is 0.958 bits per heavy atom. The Labute approximate surface area is 140 Å². The largest absolute Gasteiger partial charge is 0.324 e. The van der Waals surface area contributed by atoms with Crippen molar-refractivity contribution in [2.45, 2.75) is 17.1 Å². The van der Waals surface area contributed by atoms with E-state index in [1.54, 1.807) is 12.1 Å². The molecule has 0 radical (unpaired) electrons. The molecule has 4 nitrogen and oxygen atoms in total. The molecule has 1 amide bonds. The summed E-state index contributed by atoms with van der Waals surface area (Å²) in [5, 5.41) is 3.74. The van der Waals surface area contributed by atoms with E-state index in [2.05, 4.69) is 5.32 Å². The molecule has 3 aromatic carbocycles. The van der Waals surface area contributed by atoms with Crippen LogP contribution in [0.25, 0.3) is 21.9 Å². The number of nitrogens with one attached hydrogen (secondary N) is 1. The number of carbonyl (C=O) groups excluding carboxylic acids is 1. The molecule has 120 valence electrons. The van der Waals surface area contributed by atoms with Crippen molar-refractivity contribution in [3.8, 4) is 11.1 Å². The smallest absolute Gasteiger partial charge is 0.242 e. The minimum atomic E-state index is -3.67. The Morgan fingerprint density at radius 2 is 1.71 bits per heavy atom. The van der Waals surface area contributed by atoms with Crippen molar-refractivity contribution in [2.75, 3.05) is 5.32 Å². The lowest BCUT2D eigenvalue weighted by Gasteiger charge is -2.23.